The molecule has 1 amide bonds. The van der Waals surface area contributed by atoms with Gasteiger partial charge < -0.3 is 19.6 Å². The lowest BCUT2D eigenvalue weighted by molar-refractivity contribution is -0.192. The first kappa shape index (κ1) is 23.3. The Balaban J connectivity index is 0.000000339. The van der Waals surface area contributed by atoms with Crippen molar-refractivity contribution in [2.45, 2.75) is 44.3 Å². The molecule has 0 radical (unpaired) electrons. The average Bonchev–Trinajstić information content (AvgIpc) is 3.45. The van der Waals surface area contributed by atoms with Crippen LogP contribution in [0.5, 0.6) is 0 Å². The van der Waals surface area contributed by atoms with Gasteiger partial charge in [0, 0.05) is 30.4 Å². The van der Waals surface area contributed by atoms with Gasteiger partial charge in [0.1, 0.15) is 5.76 Å². The molecule has 0 saturated carbocycles. The number of nitrogens with one attached hydrogen (secondary N) is 1. The Morgan fingerprint density at radius 1 is 1.26 bits per heavy atom. The highest BCUT2D eigenvalue weighted by molar-refractivity contribution is 7.09. The monoisotopic (exact) mass is 460 g/mol. The van der Waals surface area contributed by atoms with Crippen LogP contribution in [0.3, 0.4) is 0 Å². The van der Waals surface area contributed by atoms with Crippen LogP contribution in [0.2, 0.25) is 0 Å². The number of amides is 1. The van der Waals surface area contributed by atoms with Gasteiger partial charge in [-0.05, 0) is 30.0 Å². The molecule has 0 spiro atoms. The first-order valence-electron chi connectivity index (χ1n) is 9.70. The number of carbonyl (C=O) groups excluding carboxylic acids is 1. The molecule has 2 saturated heterocycles. The molecule has 2 aliphatic heterocycles. The molecule has 11 heteroatoms. The maximum absolute atomic E-state index is 12.0. The van der Waals surface area contributed by atoms with Gasteiger partial charge in [0.15, 0.2) is 0 Å². The maximum atomic E-state index is 12.0. The summed E-state index contributed by atoms with van der Waals surface area (Å²) in [6, 6.07) is 7.97. The SMILES string of the molecule is O=C(C[C@H]1C[C@H]2CN(Cc3cccs3)C[C@H]2O1)NCc1ccco1.O=C(O)C(F)(F)F. The summed E-state index contributed by atoms with van der Waals surface area (Å²) in [7, 11) is 0. The molecular formula is C20H23F3N2O5S. The minimum Gasteiger partial charge on any atom is -0.475 e. The zero-order valence-corrected chi connectivity index (χ0v) is 17.3. The van der Waals surface area contributed by atoms with Gasteiger partial charge in [0.05, 0.1) is 31.4 Å². The fraction of sp³-hybridized carbons (Fsp3) is 0.500. The Kier molecular flexibility index (Phi) is 7.74. The minimum absolute atomic E-state index is 0.0341. The summed E-state index contributed by atoms with van der Waals surface area (Å²) in [5.74, 6) is -1.39. The lowest BCUT2D eigenvalue weighted by atomic mass is 10.0. The standard InChI is InChI=1S/C18H22N2O3S.C2HF3O2/c21-18(19-9-14-3-1-5-22-14)8-15-7-13-10-20(12-17(13)23-15)11-16-4-2-6-24-16;3-2(4,5)1(6)7/h1-6,13,15,17H,7-12H2,(H,19,21);(H,6,7)/t13-,15+,17+;/m0./s1. The highest BCUT2D eigenvalue weighted by Gasteiger charge is 2.42. The number of alkyl halides is 3. The second-order valence-corrected chi connectivity index (χ2v) is 8.46. The molecule has 2 N–H and O–H groups in total. The summed E-state index contributed by atoms with van der Waals surface area (Å²) >= 11 is 1.81. The summed E-state index contributed by atoms with van der Waals surface area (Å²) in [6.07, 6.45) is -1.70. The number of thiophene rings is 1. The van der Waals surface area contributed by atoms with E-state index in [1.165, 1.54) is 4.88 Å². The Morgan fingerprint density at radius 3 is 2.61 bits per heavy atom. The number of aliphatic carboxylic acids is 1. The number of fused-ring (bicyclic) bond motifs is 1. The van der Waals surface area contributed by atoms with E-state index in [-0.39, 0.29) is 18.1 Å². The Hall–Kier alpha value is -2.37. The van der Waals surface area contributed by atoms with Crippen LogP contribution in [-0.4, -0.2) is 53.4 Å². The number of carboxylic acids is 1. The van der Waals surface area contributed by atoms with Gasteiger partial charge in [-0.25, -0.2) is 4.79 Å². The van der Waals surface area contributed by atoms with Crippen LogP contribution in [0, 0.1) is 5.92 Å². The second-order valence-electron chi connectivity index (χ2n) is 7.43. The molecular weight excluding hydrogens is 437 g/mol. The third-order valence-corrected chi connectivity index (χ3v) is 5.91. The molecule has 3 atom stereocenters. The first-order valence-corrected chi connectivity index (χ1v) is 10.6. The van der Waals surface area contributed by atoms with Crippen LogP contribution in [0.4, 0.5) is 13.2 Å². The molecule has 2 aromatic heterocycles. The van der Waals surface area contributed by atoms with Crippen LogP contribution >= 0.6 is 11.3 Å². The third kappa shape index (κ3) is 7.08. The molecule has 0 aromatic carbocycles. The molecule has 7 nitrogen and oxygen atoms in total. The summed E-state index contributed by atoms with van der Waals surface area (Å²) in [5.41, 5.74) is 0. The van der Waals surface area contributed by atoms with Crippen LogP contribution in [0.1, 0.15) is 23.5 Å². The molecule has 2 fully saturated rings. The van der Waals surface area contributed by atoms with Crippen molar-refractivity contribution in [1.29, 1.82) is 0 Å². The smallest absolute Gasteiger partial charge is 0.475 e. The van der Waals surface area contributed by atoms with Crippen molar-refractivity contribution >= 4 is 23.2 Å². The van der Waals surface area contributed by atoms with Crippen molar-refractivity contribution < 1.29 is 37.0 Å². The van der Waals surface area contributed by atoms with E-state index in [4.69, 9.17) is 19.1 Å². The molecule has 0 aliphatic carbocycles. The minimum atomic E-state index is -5.08. The van der Waals surface area contributed by atoms with Gasteiger partial charge in [-0.3, -0.25) is 9.69 Å². The summed E-state index contributed by atoms with van der Waals surface area (Å²) < 4.78 is 43.1. The third-order valence-electron chi connectivity index (χ3n) is 5.04. The van der Waals surface area contributed by atoms with Gasteiger partial charge in [0.25, 0.3) is 0 Å². The van der Waals surface area contributed by atoms with E-state index < -0.39 is 12.1 Å². The average molecular weight is 460 g/mol. The fourth-order valence-electron chi connectivity index (χ4n) is 3.71. The zero-order chi connectivity index (χ0) is 22.4. The number of carbonyl (C=O) groups is 2. The van der Waals surface area contributed by atoms with E-state index >= 15 is 0 Å². The Bertz CT molecular complexity index is 828. The van der Waals surface area contributed by atoms with Gasteiger partial charge in [-0.1, -0.05) is 6.07 Å². The van der Waals surface area contributed by atoms with Gasteiger partial charge in [-0.2, -0.15) is 13.2 Å². The number of carboxylic acid groups (broad SMARTS) is 1. The predicted molar refractivity (Wildman–Crippen MR) is 105 cm³/mol. The molecule has 31 heavy (non-hydrogen) atoms. The van der Waals surface area contributed by atoms with E-state index in [2.05, 4.69) is 27.7 Å². The zero-order valence-electron chi connectivity index (χ0n) is 16.5. The molecule has 4 heterocycles. The summed E-state index contributed by atoms with van der Waals surface area (Å²) in [5, 5.41) is 12.1. The highest BCUT2D eigenvalue weighted by Crippen LogP contribution is 2.35. The topological polar surface area (TPSA) is 92.0 Å². The maximum Gasteiger partial charge on any atom is 0.490 e. The molecule has 2 aromatic rings. The number of nitrogens with zero attached hydrogens (tertiary/aromatic N) is 1. The van der Waals surface area contributed by atoms with Gasteiger partial charge in [0.2, 0.25) is 5.91 Å². The van der Waals surface area contributed by atoms with Crippen LogP contribution < -0.4 is 5.32 Å². The number of ether oxygens (including phenoxy) is 1. The largest absolute Gasteiger partial charge is 0.490 e. The molecule has 4 rings (SSSR count). The van der Waals surface area contributed by atoms with E-state index in [0.717, 1.165) is 31.8 Å². The van der Waals surface area contributed by atoms with Crippen molar-refractivity contribution in [1.82, 2.24) is 10.2 Å². The number of hydrogen-bond acceptors (Lipinski definition) is 6. The van der Waals surface area contributed by atoms with Crippen molar-refractivity contribution in [2.75, 3.05) is 13.1 Å². The van der Waals surface area contributed by atoms with Crippen molar-refractivity contribution in [3.63, 3.8) is 0 Å². The normalized spacial score (nSPS) is 23.1. The lowest BCUT2D eigenvalue weighted by Crippen LogP contribution is -2.29. The number of furan rings is 1. The Labute approximate surface area is 180 Å². The van der Waals surface area contributed by atoms with Gasteiger partial charge in [-0.15, -0.1) is 11.3 Å². The molecule has 0 bridgehead atoms. The lowest BCUT2D eigenvalue weighted by Gasteiger charge is -2.18. The first-order chi connectivity index (χ1) is 14.7. The van der Waals surface area contributed by atoms with Crippen molar-refractivity contribution in [2.24, 2.45) is 5.92 Å². The van der Waals surface area contributed by atoms with E-state index in [0.29, 0.717) is 18.9 Å². The summed E-state index contributed by atoms with van der Waals surface area (Å²) in [4.78, 5) is 24.8. The van der Waals surface area contributed by atoms with Crippen molar-refractivity contribution in [3.05, 3.63) is 46.5 Å². The van der Waals surface area contributed by atoms with Crippen molar-refractivity contribution in [3.8, 4) is 0 Å². The number of halogens is 3. The number of rotatable bonds is 6. The Morgan fingerprint density at radius 2 is 2.03 bits per heavy atom. The predicted octanol–water partition coefficient (Wildman–Crippen LogP) is 3.27. The molecule has 2 aliphatic rings. The van der Waals surface area contributed by atoms with Crippen LogP contribution in [0.15, 0.2) is 40.3 Å². The van der Waals surface area contributed by atoms with E-state index in [1.54, 1.807) is 6.26 Å². The highest BCUT2D eigenvalue weighted by atomic mass is 32.1. The van der Waals surface area contributed by atoms with E-state index in [9.17, 15) is 18.0 Å². The molecule has 170 valence electrons. The molecule has 0 unspecified atom stereocenters. The summed E-state index contributed by atoms with van der Waals surface area (Å²) in [6.45, 7) is 3.52. The van der Waals surface area contributed by atoms with E-state index in [1.807, 2.05) is 23.5 Å². The fourth-order valence-corrected chi connectivity index (χ4v) is 4.46. The number of hydrogen-bond donors (Lipinski definition) is 2. The van der Waals surface area contributed by atoms with Gasteiger partial charge >= 0.3 is 12.1 Å². The second kappa shape index (κ2) is 10.3. The van der Waals surface area contributed by atoms with Crippen LogP contribution in [-0.2, 0) is 27.4 Å². The quantitative estimate of drug-likeness (QED) is 0.688. The number of likely N-dealkylation sites (tertiary alicyclic amines) is 1. The van der Waals surface area contributed by atoms with Crippen LogP contribution in [0.25, 0.3) is 0 Å².